The molecule has 0 unspecified atom stereocenters. The lowest BCUT2D eigenvalue weighted by Gasteiger charge is -2.11. The highest BCUT2D eigenvalue weighted by atomic mass is 79.9. The highest BCUT2D eigenvalue weighted by molar-refractivity contribution is 9.10. The fourth-order valence-corrected chi connectivity index (χ4v) is 1.80. The molecular weight excluding hydrogens is 307 g/mol. The molecule has 0 aliphatic rings. The molecule has 0 saturated carbocycles. The minimum absolute atomic E-state index is 0.294. The van der Waals surface area contributed by atoms with Gasteiger partial charge >= 0.3 is 0 Å². The molecule has 1 rings (SSSR count). The first-order valence-electron chi connectivity index (χ1n) is 5.21. The summed E-state index contributed by atoms with van der Waals surface area (Å²) in [7, 11) is 0. The molecule has 0 fully saturated rings. The average Bonchev–Trinajstić information content (AvgIpc) is 2.28. The highest BCUT2D eigenvalue weighted by Gasteiger charge is 2.03. The van der Waals surface area contributed by atoms with E-state index in [2.05, 4.69) is 26.6 Å². The van der Waals surface area contributed by atoms with E-state index in [9.17, 15) is 4.39 Å². The molecule has 0 bridgehead atoms. The summed E-state index contributed by atoms with van der Waals surface area (Å²) < 4.78 is 18.6. The Labute approximate surface area is 114 Å². The first-order chi connectivity index (χ1) is 8.13. The van der Waals surface area contributed by atoms with Crippen LogP contribution < -0.4 is 10.6 Å². The van der Waals surface area contributed by atoms with Crippen molar-refractivity contribution in [2.45, 2.75) is 6.92 Å². The number of nitrogens with one attached hydrogen (secondary N) is 2. The van der Waals surface area contributed by atoms with Gasteiger partial charge in [-0.15, -0.1) is 0 Å². The second-order valence-electron chi connectivity index (χ2n) is 3.20. The molecule has 1 aromatic rings. The number of thiocarbonyl (C=S) groups is 1. The van der Waals surface area contributed by atoms with E-state index < -0.39 is 0 Å². The Morgan fingerprint density at radius 1 is 1.53 bits per heavy atom. The Morgan fingerprint density at radius 2 is 2.29 bits per heavy atom. The van der Waals surface area contributed by atoms with Crippen LogP contribution in [0, 0.1) is 5.82 Å². The maximum absolute atomic E-state index is 12.8. The van der Waals surface area contributed by atoms with E-state index in [0.29, 0.717) is 29.3 Å². The third kappa shape index (κ3) is 5.43. The van der Waals surface area contributed by atoms with Crippen LogP contribution in [0.25, 0.3) is 0 Å². The van der Waals surface area contributed by atoms with Gasteiger partial charge in [0.25, 0.3) is 0 Å². The molecule has 0 aliphatic heterocycles. The van der Waals surface area contributed by atoms with Gasteiger partial charge in [-0.1, -0.05) is 0 Å². The van der Waals surface area contributed by atoms with Crippen molar-refractivity contribution < 1.29 is 9.13 Å². The van der Waals surface area contributed by atoms with Crippen molar-refractivity contribution in [3.05, 3.63) is 28.5 Å². The van der Waals surface area contributed by atoms with Crippen LogP contribution in [0.1, 0.15) is 6.92 Å². The second-order valence-corrected chi connectivity index (χ2v) is 4.46. The van der Waals surface area contributed by atoms with E-state index in [0.717, 1.165) is 5.69 Å². The molecule has 94 valence electrons. The minimum Gasteiger partial charge on any atom is -0.380 e. The number of hydrogen-bond acceptors (Lipinski definition) is 2. The summed E-state index contributed by atoms with van der Waals surface area (Å²) in [6, 6.07) is 4.37. The molecular formula is C11H14BrFN2OS. The molecule has 0 aromatic heterocycles. The topological polar surface area (TPSA) is 33.3 Å². The first kappa shape index (κ1) is 14.3. The van der Waals surface area contributed by atoms with E-state index in [1.165, 1.54) is 12.1 Å². The predicted molar refractivity (Wildman–Crippen MR) is 74.8 cm³/mol. The van der Waals surface area contributed by atoms with Crippen LogP contribution in [0.2, 0.25) is 0 Å². The quantitative estimate of drug-likeness (QED) is 0.645. The Bertz CT molecular complexity index is 390. The molecule has 1 aromatic carbocycles. The van der Waals surface area contributed by atoms with Crippen LogP contribution >= 0.6 is 28.1 Å². The molecule has 0 radical (unpaired) electrons. The number of rotatable bonds is 5. The lowest BCUT2D eigenvalue weighted by Crippen LogP contribution is -2.31. The van der Waals surface area contributed by atoms with E-state index in [-0.39, 0.29) is 5.82 Å². The van der Waals surface area contributed by atoms with Crippen LogP contribution in [-0.4, -0.2) is 24.9 Å². The van der Waals surface area contributed by atoms with Gasteiger partial charge in [0.15, 0.2) is 5.11 Å². The third-order valence-electron chi connectivity index (χ3n) is 1.92. The van der Waals surface area contributed by atoms with Gasteiger partial charge in [0.2, 0.25) is 0 Å². The summed E-state index contributed by atoms with van der Waals surface area (Å²) >= 11 is 8.34. The van der Waals surface area contributed by atoms with Gasteiger partial charge in [-0.3, -0.25) is 0 Å². The molecule has 0 aliphatic carbocycles. The van der Waals surface area contributed by atoms with Crippen LogP contribution in [-0.2, 0) is 4.74 Å². The van der Waals surface area contributed by atoms with Crippen molar-refractivity contribution in [1.82, 2.24) is 5.32 Å². The molecule has 0 saturated heterocycles. The lowest BCUT2D eigenvalue weighted by molar-refractivity contribution is 0.152. The Morgan fingerprint density at radius 3 is 2.94 bits per heavy atom. The van der Waals surface area contributed by atoms with E-state index >= 15 is 0 Å². The fourth-order valence-electron chi connectivity index (χ4n) is 1.14. The molecule has 17 heavy (non-hydrogen) atoms. The zero-order chi connectivity index (χ0) is 12.7. The van der Waals surface area contributed by atoms with Gasteiger partial charge in [-0.25, -0.2) is 4.39 Å². The molecule has 6 heteroatoms. The van der Waals surface area contributed by atoms with Crippen molar-refractivity contribution >= 4 is 38.9 Å². The molecule has 0 amide bonds. The zero-order valence-corrected chi connectivity index (χ0v) is 11.8. The summed E-state index contributed by atoms with van der Waals surface area (Å²) in [5.74, 6) is -0.294. The first-order valence-corrected chi connectivity index (χ1v) is 6.41. The molecule has 0 spiro atoms. The number of benzene rings is 1. The number of ether oxygens (including phenoxy) is 1. The van der Waals surface area contributed by atoms with Gasteiger partial charge in [0, 0.05) is 17.6 Å². The van der Waals surface area contributed by atoms with Crippen LogP contribution in [0.15, 0.2) is 22.7 Å². The summed E-state index contributed by atoms with van der Waals surface area (Å²) in [5.41, 5.74) is 0.723. The highest BCUT2D eigenvalue weighted by Crippen LogP contribution is 2.22. The largest absolute Gasteiger partial charge is 0.380 e. The smallest absolute Gasteiger partial charge is 0.170 e. The van der Waals surface area contributed by atoms with E-state index in [1.807, 2.05) is 6.92 Å². The van der Waals surface area contributed by atoms with Crippen LogP contribution in [0.3, 0.4) is 0 Å². The van der Waals surface area contributed by atoms with Crippen LogP contribution in [0.4, 0.5) is 10.1 Å². The standard InChI is InChI=1S/C11H14BrFN2OS/c1-2-16-6-5-14-11(17)15-10-4-3-8(13)7-9(10)12/h3-4,7H,2,5-6H2,1H3,(H2,14,15,17). The van der Waals surface area contributed by atoms with Crippen molar-refractivity contribution in [3.8, 4) is 0 Å². The Hall–Kier alpha value is -0.720. The van der Waals surface area contributed by atoms with Gasteiger partial charge in [0.1, 0.15) is 5.82 Å². The van der Waals surface area contributed by atoms with Crippen LogP contribution in [0.5, 0.6) is 0 Å². The van der Waals surface area contributed by atoms with Gasteiger partial charge in [-0.05, 0) is 53.3 Å². The van der Waals surface area contributed by atoms with Gasteiger partial charge < -0.3 is 15.4 Å². The van der Waals surface area contributed by atoms with E-state index in [1.54, 1.807) is 6.07 Å². The Balaban J connectivity index is 2.40. The SMILES string of the molecule is CCOCCNC(=S)Nc1ccc(F)cc1Br. The maximum Gasteiger partial charge on any atom is 0.170 e. The normalized spacial score (nSPS) is 10.1. The molecule has 3 nitrogen and oxygen atoms in total. The van der Waals surface area contributed by atoms with Crippen molar-refractivity contribution in [3.63, 3.8) is 0 Å². The van der Waals surface area contributed by atoms with Gasteiger partial charge in [-0.2, -0.15) is 0 Å². The molecule has 2 N–H and O–H groups in total. The third-order valence-corrected chi connectivity index (χ3v) is 2.82. The Kier molecular flexibility index (Phi) is 6.39. The van der Waals surface area contributed by atoms with Crippen molar-refractivity contribution in [1.29, 1.82) is 0 Å². The van der Waals surface area contributed by atoms with Crippen molar-refractivity contribution in [2.75, 3.05) is 25.1 Å². The molecule has 0 heterocycles. The predicted octanol–water partition coefficient (Wildman–Crippen LogP) is 2.91. The maximum atomic E-state index is 12.8. The summed E-state index contributed by atoms with van der Waals surface area (Å²) in [4.78, 5) is 0. The van der Waals surface area contributed by atoms with Crippen molar-refractivity contribution in [2.24, 2.45) is 0 Å². The second kappa shape index (κ2) is 7.58. The number of halogens is 2. The minimum atomic E-state index is -0.294. The molecule has 0 atom stereocenters. The van der Waals surface area contributed by atoms with Gasteiger partial charge in [0.05, 0.1) is 12.3 Å². The number of anilines is 1. The zero-order valence-electron chi connectivity index (χ0n) is 9.43. The summed E-state index contributed by atoms with van der Waals surface area (Å²) in [6.45, 7) is 3.86. The average molecular weight is 321 g/mol. The van der Waals surface area contributed by atoms with E-state index in [4.69, 9.17) is 17.0 Å². The monoisotopic (exact) mass is 320 g/mol. The fraction of sp³-hybridized carbons (Fsp3) is 0.364. The number of hydrogen-bond donors (Lipinski definition) is 2. The lowest BCUT2D eigenvalue weighted by atomic mass is 10.3. The summed E-state index contributed by atoms with van der Waals surface area (Å²) in [6.07, 6.45) is 0. The summed E-state index contributed by atoms with van der Waals surface area (Å²) in [5, 5.41) is 6.44.